The van der Waals surface area contributed by atoms with Gasteiger partial charge in [-0.25, -0.2) is 0 Å². The summed E-state index contributed by atoms with van der Waals surface area (Å²) in [5.41, 5.74) is 0. The minimum absolute atomic E-state index is 0. The first-order valence-electron chi connectivity index (χ1n) is 3.61. The highest BCUT2D eigenvalue weighted by Crippen LogP contribution is 2.35. The molecule has 0 aliphatic rings. The van der Waals surface area contributed by atoms with Gasteiger partial charge in [0.1, 0.15) is 0 Å². The SMILES string of the molecule is CCCCCCP(=O)(O)O.Cl. The Balaban J connectivity index is 0. The van der Waals surface area contributed by atoms with Crippen molar-refractivity contribution < 1.29 is 14.4 Å². The van der Waals surface area contributed by atoms with Crippen LogP contribution in [0.2, 0.25) is 0 Å². The van der Waals surface area contributed by atoms with Crippen molar-refractivity contribution in [2.75, 3.05) is 6.16 Å². The predicted octanol–water partition coefficient (Wildman–Crippen LogP) is 2.17. The molecule has 0 atom stereocenters. The quantitative estimate of drug-likeness (QED) is 0.531. The van der Waals surface area contributed by atoms with Gasteiger partial charge in [-0.05, 0) is 6.42 Å². The van der Waals surface area contributed by atoms with Gasteiger partial charge in [-0.15, -0.1) is 12.4 Å². The highest BCUT2D eigenvalue weighted by Gasteiger charge is 2.10. The van der Waals surface area contributed by atoms with E-state index in [2.05, 4.69) is 6.92 Å². The van der Waals surface area contributed by atoms with Crippen LogP contribution in [-0.2, 0) is 4.57 Å². The van der Waals surface area contributed by atoms with Gasteiger partial charge in [0.2, 0.25) is 0 Å². The van der Waals surface area contributed by atoms with E-state index in [0.717, 1.165) is 19.3 Å². The molecule has 0 heterocycles. The molecule has 0 spiro atoms. The van der Waals surface area contributed by atoms with Gasteiger partial charge >= 0.3 is 7.60 Å². The second-order valence-electron chi connectivity index (χ2n) is 2.45. The number of hydrogen-bond acceptors (Lipinski definition) is 1. The molecule has 0 saturated carbocycles. The molecule has 0 aromatic heterocycles. The zero-order valence-corrected chi connectivity index (χ0v) is 8.40. The van der Waals surface area contributed by atoms with E-state index >= 15 is 0 Å². The van der Waals surface area contributed by atoms with Gasteiger partial charge in [-0.2, -0.15) is 0 Å². The van der Waals surface area contributed by atoms with Crippen LogP contribution in [0.1, 0.15) is 32.6 Å². The van der Waals surface area contributed by atoms with E-state index in [-0.39, 0.29) is 18.6 Å². The zero-order valence-electron chi connectivity index (χ0n) is 6.69. The van der Waals surface area contributed by atoms with Gasteiger partial charge in [0.05, 0.1) is 0 Å². The number of rotatable bonds is 5. The molecule has 0 saturated heterocycles. The van der Waals surface area contributed by atoms with Crippen molar-refractivity contribution in [3.05, 3.63) is 0 Å². The van der Waals surface area contributed by atoms with Crippen LogP contribution in [0.25, 0.3) is 0 Å². The van der Waals surface area contributed by atoms with Crippen molar-refractivity contribution in [3.63, 3.8) is 0 Å². The highest BCUT2D eigenvalue weighted by atomic mass is 35.5. The van der Waals surface area contributed by atoms with Crippen LogP contribution in [0.5, 0.6) is 0 Å². The van der Waals surface area contributed by atoms with Crippen LogP contribution in [0, 0.1) is 0 Å². The lowest BCUT2D eigenvalue weighted by Crippen LogP contribution is -1.87. The van der Waals surface area contributed by atoms with Gasteiger partial charge in [0.15, 0.2) is 0 Å². The molecule has 3 nitrogen and oxygen atoms in total. The molecule has 70 valence electrons. The molecule has 0 aromatic rings. The van der Waals surface area contributed by atoms with Crippen LogP contribution in [0.4, 0.5) is 0 Å². The Bertz CT molecular complexity index is 123. The van der Waals surface area contributed by atoms with Crippen molar-refractivity contribution in [3.8, 4) is 0 Å². The van der Waals surface area contributed by atoms with E-state index in [1.807, 2.05) is 0 Å². The number of hydrogen-bond donors (Lipinski definition) is 2. The van der Waals surface area contributed by atoms with Gasteiger partial charge in [-0.3, -0.25) is 4.57 Å². The van der Waals surface area contributed by atoms with E-state index in [0.29, 0.717) is 6.42 Å². The summed E-state index contributed by atoms with van der Waals surface area (Å²) < 4.78 is 10.3. The third-order valence-corrected chi connectivity index (χ3v) is 2.20. The first-order chi connectivity index (χ1) is 4.56. The van der Waals surface area contributed by atoms with Crippen molar-refractivity contribution in [1.29, 1.82) is 0 Å². The minimum atomic E-state index is -3.71. The number of unbranched alkanes of at least 4 members (excludes halogenated alkanes) is 3. The summed E-state index contributed by atoms with van der Waals surface area (Å²) >= 11 is 0. The third-order valence-electron chi connectivity index (χ3n) is 1.30. The molecule has 5 heteroatoms. The maximum Gasteiger partial charge on any atom is 0.325 e. The highest BCUT2D eigenvalue weighted by molar-refractivity contribution is 7.51. The van der Waals surface area contributed by atoms with Gasteiger partial charge in [0.25, 0.3) is 0 Å². The normalized spacial score (nSPS) is 10.8. The summed E-state index contributed by atoms with van der Waals surface area (Å²) in [6.45, 7) is 2.07. The lowest BCUT2D eigenvalue weighted by atomic mass is 10.2. The third kappa shape index (κ3) is 13.4. The summed E-state index contributed by atoms with van der Waals surface area (Å²) in [7, 11) is -3.71. The molecule has 0 amide bonds. The summed E-state index contributed by atoms with van der Waals surface area (Å²) in [5.74, 6) is 0. The summed E-state index contributed by atoms with van der Waals surface area (Å²) in [6.07, 6.45) is 3.80. The fraction of sp³-hybridized carbons (Fsp3) is 1.00. The van der Waals surface area contributed by atoms with E-state index in [1.165, 1.54) is 0 Å². The Morgan fingerprint density at radius 1 is 1.18 bits per heavy atom. The Hall–Kier alpha value is 0.440. The monoisotopic (exact) mass is 202 g/mol. The molecule has 0 rings (SSSR count). The molecule has 2 N–H and O–H groups in total. The summed E-state index contributed by atoms with van der Waals surface area (Å²) in [5, 5.41) is 0. The fourth-order valence-electron chi connectivity index (χ4n) is 0.745. The topological polar surface area (TPSA) is 57.5 Å². The number of halogens is 1. The van der Waals surface area contributed by atoms with E-state index in [4.69, 9.17) is 9.79 Å². The standard InChI is InChI=1S/C6H15O3P.ClH/c1-2-3-4-5-6-10(7,8)9;/h2-6H2,1H3,(H2,7,8,9);1H. The molecule has 11 heavy (non-hydrogen) atoms. The van der Waals surface area contributed by atoms with Gasteiger partial charge < -0.3 is 9.79 Å². The van der Waals surface area contributed by atoms with Crippen molar-refractivity contribution in [2.24, 2.45) is 0 Å². The van der Waals surface area contributed by atoms with Crippen molar-refractivity contribution in [2.45, 2.75) is 32.6 Å². The van der Waals surface area contributed by atoms with Gasteiger partial charge in [-0.1, -0.05) is 26.2 Å². The largest absolute Gasteiger partial charge is 0.325 e. The Kier molecular flexibility index (Phi) is 9.04. The van der Waals surface area contributed by atoms with E-state index in [9.17, 15) is 4.57 Å². The average molecular weight is 203 g/mol. The van der Waals surface area contributed by atoms with Crippen LogP contribution >= 0.6 is 20.0 Å². The van der Waals surface area contributed by atoms with Crippen LogP contribution < -0.4 is 0 Å². The molecular formula is C6H16ClO3P. The molecule has 0 aromatic carbocycles. The second-order valence-corrected chi connectivity index (χ2v) is 4.23. The van der Waals surface area contributed by atoms with Gasteiger partial charge in [0, 0.05) is 6.16 Å². The molecule has 0 radical (unpaired) electrons. The first kappa shape index (κ1) is 14.0. The van der Waals surface area contributed by atoms with Crippen molar-refractivity contribution in [1.82, 2.24) is 0 Å². The zero-order chi connectivity index (χ0) is 8.04. The molecule has 0 aliphatic carbocycles. The Morgan fingerprint density at radius 2 is 1.73 bits per heavy atom. The second kappa shape index (κ2) is 7.11. The first-order valence-corrected chi connectivity index (χ1v) is 5.40. The van der Waals surface area contributed by atoms with E-state index in [1.54, 1.807) is 0 Å². The molecular weight excluding hydrogens is 186 g/mol. The summed E-state index contributed by atoms with van der Waals surface area (Å²) in [4.78, 5) is 16.9. The minimum Gasteiger partial charge on any atom is -0.324 e. The molecule has 0 aliphatic heterocycles. The molecule has 0 fully saturated rings. The van der Waals surface area contributed by atoms with Crippen LogP contribution in [0.15, 0.2) is 0 Å². The predicted molar refractivity (Wildman–Crippen MR) is 48.3 cm³/mol. The Labute approximate surface area is 73.8 Å². The maximum absolute atomic E-state index is 10.3. The van der Waals surface area contributed by atoms with Crippen molar-refractivity contribution >= 4 is 20.0 Å². The van der Waals surface area contributed by atoms with E-state index < -0.39 is 7.60 Å². The summed E-state index contributed by atoms with van der Waals surface area (Å²) in [6, 6.07) is 0. The Morgan fingerprint density at radius 3 is 2.09 bits per heavy atom. The lowest BCUT2D eigenvalue weighted by molar-refractivity contribution is 0.371. The fourth-order valence-corrected chi connectivity index (χ4v) is 1.38. The lowest BCUT2D eigenvalue weighted by Gasteiger charge is -2.01. The van der Waals surface area contributed by atoms with Crippen LogP contribution in [0.3, 0.4) is 0 Å². The molecule has 0 bridgehead atoms. The average Bonchev–Trinajstić information content (AvgIpc) is 1.78. The molecule has 0 unspecified atom stereocenters. The van der Waals surface area contributed by atoms with Crippen LogP contribution in [-0.4, -0.2) is 15.9 Å². The smallest absolute Gasteiger partial charge is 0.324 e. The maximum atomic E-state index is 10.3.